The van der Waals surface area contributed by atoms with Gasteiger partial charge in [0.25, 0.3) is 0 Å². The van der Waals surface area contributed by atoms with E-state index in [9.17, 15) is 9.59 Å². The molecule has 6 heteroatoms. The Bertz CT molecular complexity index is 230. The van der Waals surface area contributed by atoms with Crippen molar-refractivity contribution in [1.82, 2.24) is 5.48 Å². The van der Waals surface area contributed by atoms with E-state index in [4.69, 9.17) is 9.94 Å². The molecule has 0 unspecified atom stereocenters. The van der Waals surface area contributed by atoms with Crippen molar-refractivity contribution >= 4 is 11.9 Å². The number of carboxylic acid groups (broad SMARTS) is 1. The van der Waals surface area contributed by atoms with E-state index in [1.807, 2.05) is 0 Å². The maximum Gasteiger partial charge on any atom is 0.307 e. The number of hydrogen-bond acceptors (Lipinski definition) is 4. The van der Waals surface area contributed by atoms with E-state index >= 15 is 0 Å². The molecule has 0 radical (unpaired) electrons. The summed E-state index contributed by atoms with van der Waals surface area (Å²) in [5.41, 5.74) is 2.18. The van der Waals surface area contributed by atoms with Crippen LogP contribution in [0.2, 0.25) is 0 Å². The Balaban J connectivity index is 2.09. The maximum absolute atomic E-state index is 11.1. The second kappa shape index (κ2) is 4.92. The molecule has 0 spiro atoms. The van der Waals surface area contributed by atoms with Crippen LogP contribution >= 0.6 is 0 Å². The van der Waals surface area contributed by atoms with Crippen LogP contribution < -0.4 is 5.48 Å². The second-order valence-electron chi connectivity index (χ2n) is 3.09. The van der Waals surface area contributed by atoms with Crippen molar-refractivity contribution in [3.05, 3.63) is 0 Å². The average Bonchev–Trinajstić information content (AvgIpc) is 2.91. The van der Waals surface area contributed by atoms with Crippen molar-refractivity contribution in [3.8, 4) is 0 Å². The molecule has 1 aliphatic carbocycles. The fraction of sp³-hybridized carbons (Fsp3) is 0.750. The van der Waals surface area contributed by atoms with Gasteiger partial charge in [-0.3, -0.25) is 14.4 Å². The number of aliphatic carboxylic acids is 1. The Labute approximate surface area is 81.1 Å². The molecule has 0 aromatic rings. The van der Waals surface area contributed by atoms with Gasteiger partial charge in [-0.15, -0.1) is 0 Å². The number of hydrogen-bond donors (Lipinski definition) is 2. The summed E-state index contributed by atoms with van der Waals surface area (Å²) in [7, 11) is 1.52. The summed E-state index contributed by atoms with van der Waals surface area (Å²) in [6.45, 7) is 0.639. The summed E-state index contributed by atoms with van der Waals surface area (Å²) in [5, 5.41) is 8.54. The lowest BCUT2D eigenvalue weighted by atomic mass is 10.3. The summed E-state index contributed by atoms with van der Waals surface area (Å²) in [6, 6.07) is 0. The van der Waals surface area contributed by atoms with E-state index in [0.717, 1.165) is 0 Å². The van der Waals surface area contributed by atoms with Gasteiger partial charge in [0.2, 0.25) is 5.91 Å². The molecule has 0 bridgehead atoms. The van der Waals surface area contributed by atoms with Gasteiger partial charge < -0.3 is 9.84 Å². The van der Waals surface area contributed by atoms with Crippen molar-refractivity contribution < 1.29 is 24.3 Å². The van der Waals surface area contributed by atoms with Gasteiger partial charge in [0, 0.05) is 7.11 Å². The number of nitrogens with one attached hydrogen (secondary N) is 1. The normalized spacial score (nSPS) is 24.4. The lowest BCUT2D eigenvalue weighted by Crippen LogP contribution is -2.28. The fourth-order valence-electron chi connectivity index (χ4n) is 1.08. The van der Waals surface area contributed by atoms with Crippen LogP contribution in [0.25, 0.3) is 0 Å². The Morgan fingerprint density at radius 2 is 2.14 bits per heavy atom. The Hall–Kier alpha value is -1.14. The number of rotatable bonds is 6. The van der Waals surface area contributed by atoms with E-state index in [0.29, 0.717) is 13.0 Å². The first-order valence-corrected chi connectivity index (χ1v) is 4.30. The number of amides is 1. The minimum atomic E-state index is -0.929. The first-order valence-electron chi connectivity index (χ1n) is 4.30. The van der Waals surface area contributed by atoms with Crippen LogP contribution in [0.15, 0.2) is 0 Å². The fourth-order valence-corrected chi connectivity index (χ4v) is 1.08. The smallest absolute Gasteiger partial charge is 0.307 e. The second-order valence-corrected chi connectivity index (χ2v) is 3.09. The third-order valence-corrected chi connectivity index (χ3v) is 2.01. The highest BCUT2D eigenvalue weighted by molar-refractivity contribution is 5.88. The standard InChI is InChI=1S/C8H13NO5/c1-13-2-3-14-9-7(10)5-4-6(5)8(11)12/h5-6H,2-4H2,1H3,(H,9,10)(H,11,12)/t5-,6+/m1/s1. The molecule has 1 aliphatic rings. The molecule has 1 rings (SSSR count). The number of hydroxylamine groups is 1. The van der Waals surface area contributed by atoms with E-state index in [2.05, 4.69) is 10.2 Å². The van der Waals surface area contributed by atoms with Crippen LogP contribution in [0, 0.1) is 11.8 Å². The third kappa shape index (κ3) is 2.97. The van der Waals surface area contributed by atoms with Crippen molar-refractivity contribution in [1.29, 1.82) is 0 Å². The quantitative estimate of drug-likeness (QED) is 0.445. The minimum absolute atomic E-state index is 0.257. The van der Waals surface area contributed by atoms with Gasteiger partial charge in [-0.25, -0.2) is 5.48 Å². The molecule has 0 aromatic heterocycles. The maximum atomic E-state index is 11.1. The van der Waals surface area contributed by atoms with Crippen LogP contribution in [0.5, 0.6) is 0 Å². The van der Waals surface area contributed by atoms with Gasteiger partial charge in [0.15, 0.2) is 0 Å². The highest BCUT2D eigenvalue weighted by atomic mass is 16.7. The molecular weight excluding hydrogens is 190 g/mol. The molecule has 1 amide bonds. The van der Waals surface area contributed by atoms with Gasteiger partial charge in [-0.05, 0) is 6.42 Å². The van der Waals surface area contributed by atoms with Gasteiger partial charge in [0.1, 0.15) is 0 Å². The number of carboxylic acids is 1. The lowest BCUT2D eigenvalue weighted by Gasteiger charge is -2.03. The van der Waals surface area contributed by atoms with E-state index < -0.39 is 17.8 Å². The Kier molecular flexibility index (Phi) is 3.84. The minimum Gasteiger partial charge on any atom is -0.481 e. The van der Waals surface area contributed by atoms with Crippen molar-refractivity contribution in [2.45, 2.75) is 6.42 Å². The van der Waals surface area contributed by atoms with Crippen LogP contribution in [0.3, 0.4) is 0 Å². The summed E-state index contributed by atoms with van der Waals surface area (Å²) in [4.78, 5) is 26.3. The van der Waals surface area contributed by atoms with Gasteiger partial charge in [0.05, 0.1) is 25.0 Å². The first-order chi connectivity index (χ1) is 6.66. The molecule has 0 heterocycles. The highest BCUT2D eigenvalue weighted by Gasteiger charge is 2.48. The van der Waals surface area contributed by atoms with Gasteiger partial charge >= 0.3 is 5.97 Å². The van der Waals surface area contributed by atoms with Crippen LogP contribution in [-0.4, -0.2) is 37.3 Å². The molecule has 1 fully saturated rings. The zero-order chi connectivity index (χ0) is 10.6. The van der Waals surface area contributed by atoms with Crippen molar-refractivity contribution in [2.24, 2.45) is 11.8 Å². The van der Waals surface area contributed by atoms with Crippen LogP contribution in [-0.2, 0) is 19.2 Å². The molecule has 14 heavy (non-hydrogen) atoms. The molecule has 6 nitrogen and oxygen atoms in total. The topological polar surface area (TPSA) is 84.9 Å². The SMILES string of the molecule is COCCONC(=O)[C@@H]1C[C@@H]1C(=O)O. The zero-order valence-corrected chi connectivity index (χ0v) is 7.86. The molecular formula is C8H13NO5. The molecule has 0 aromatic carbocycles. The first kappa shape index (κ1) is 10.9. The molecule has 0 saturated heterocycles. The summed E-state index contributed by atoms with van der Waals surface area (Å²) in [6.07, 6.45) is 0.398. The van der Waals surface area contributed by atoms with Crippen LogP contribution in [0.4, 0.5) is 0 Å². The Morgan fingerprint density at radius 1 is 1.43 bits per heavy atom. The molecule has 0 aliphatic heterocycles. The summed E-state index contributed by atoms with van der Waals surface area (Å²) >= 11 is 0. The molecule has 2 N–H and O–H groups in total. The summed E-state index contributed by atoms with van der Waals surface area (Å²) in [5.74, 6) is -2.27. The number of ether oxygens (including phenoxy) is 1. The molecule has 2 atom stereocenters. The third-order valence-electron chi connectivity index (χ3n) is 2.01. The highest BCUT2D eigenvalue weighted by Crippen LogP contribution is 2.38. The number of carbonyl (C=O) groups excluding carboxylic acids is 1. The van der Waals surface area contributed by atoms with E-state index in [1.165, 1.54) is 7.11 Å². The van der Waals surface area contributed by atoms with Crippen molar-refractivity contribution in [2.75, 3.05) is 20.3 Å². The number of carbonyl (C=O) groups is 2. The van der Waals surface area contributed by atoms with Crippen LogP contribution in [0.1, 0.15) is 6.42 Å². The summed E-state index contributed by atoms with van der Waals surface area (Å²) < 4.78 is 4.69. The van der Waals surface area contributed by atoms with E-state index in [-0.39, 0.29) is 12.5 Å². The molecule has 1 saturated carbocycles. The zero-order valence-electron chi connectivity index (χ0n) is 7.86. The lowest BCUT2D eigenvalue weighted by molar-refractivity contribution is -0.143. The number of methoxy groups -OCH3 is 1. The van der Waals surface area contributed by atoms with Crippen molar-refractivity contribution in [3.63, 3.8) is 0 Å². The van der Waals surface area contributed by atoms with E-state index in [1.54, 1.807) is 0 Å². The van der Waals surface area contributed by atoms with Gasteiger partial charge in [-0.2, -0.15) is 0 Å². The monoisotopic (exact) mass is 203 g/mol. The van der Waals surface area contributed by atoms with Gasteiger partial charge in [-0.1, -0.05) is 0 Å². The predicted octanol–water partition coefficient (Wildman–Crippen LogP) is -0.599. The largest absolute Gasteiger partial charge is 0.481 e. The average molecular weight is 203 g/mol. The molecule has 80 valence electrons. The Morgan fingerprint density at radius 3 is 2.64 bits per heavy atom. The predicted molar refractivity (Wildman–Crippen MR) is 45.2 cm³/mol.